The second kappa shape index (κ2) is 10.5. The normalized spacial score (nSPS) is 13.4. The maximum absolute atomic E-state index is 13.5. The monoisotopic (exact) mass is 488 g/mol. The van der Waals surface area contributed by atoms with Crippen molar-refractivity contribution in [3.05, 3.63) is 94.5 Å². The third kappa shape index (κ3) is 5.22. The van der Waals surface area contributed by atoms with E-state index in [0.717, 1.165) is 15.4 Å². The predicted octanol–water partition coefficient (Wildman–Crippen LogP) is 5.26. The van der Waals surface area contributed by atoms with Crippen LogP contribution in [-0.4, -0.2) is 29.5 Å². The number of nitrogens with zero attached hydrogens (tertiary/aromatic N) is 1. The minimum absolute atomic E-state index is 0.0478. The summed E-state index contributed by atoms with van der Waals surface area (Å²) in [4.78, 5) is 41.1. The first kappa shape index (κ1) is 24.1. The van der Waals surface area contributed by atoms with Crippen LogP contribution in [0, 0.1) is 6.92 Å². The number of carbonyl (C=O) groups excluding carboxylic acids is 3. The standard InChI is InChI=1S/C27H24N2O5S/c1-3-16-34-27(33)18-10-12-19(13-11-18)29-25(31)23(28-21-6-4-5-7-22(21)30)24(26(29)32)35-20-14-8-17(2)9-15-20/h4-15,28,30H,3,16H2,1-2H3. The van der Waals surface area contributed by atoms with Crippen LogP contribution >= 0.6 is 11.8 Å². The molecule has 0 unspecified atom stereocenters. The number of thioether (sulfide) groups is 1. The van der Waals surface area contributed by atoms with E-state index < -0.39 is 17.8 Å². The molecule has 0 radical (unpaired) electrons. The Morgan fingerprint density at radius 2 is 1.66 bits per heavy atom. The van der Waals surface area contributed by atoms with Gasteiger partial charge in [-0.05, 0) is 61.9 Å². The third-order valence-electron chi connectivity index (χ3n) is 5.24. The number of ether oxygens (including phenoxy) is 1. The van der Waals surface area contributed by atoms with Crippen molar-refractivity contribution in [3.8, 4) is 5.75 Å². The summed E-state index contributed by atoms with van der Waals surface area (Å²) in [5.41, 5.74) is 2.10. The lowest BCUT2D eigenvalue weighted by Gasteiger charge is -2.16. The highest BCUT2D eigenvalue weighted by Crippen LogP contribution is 2.39. The number of hydrogen-bond donors (Lipinski definition) is 2. The molecule has 0 aromatic heterocycles. The van der Waals surface area contributed by atoms with E-state index in [0.29, 0.717) is 30.0 Å². The van der Waals surface area contributed by atoms with Crippen LogP contribution in [0.5, 0.6) is 5.75 Å². The summed E-state index contributed by atoms with van der Waals surface area (Å²) in [5, 5.41) is 13.2. The van der Waals surface area contributed by atoms with Crippen molar-refractivity contribution in [2.75, 3.05) is 16.8 Å². The van der Waals surface area contributed by atoms with Crippen LogP contribution < -0.4 is 10.2 Å². The van der Waals surface area contributed by atoms with Crippen molar-refractivity contribution < 1.29 is 24.2 Å². The number of nitrogens with one attached hydrogen (secondary N) is 1. The maximum Gasteiger partial charge on any atom is 0.338 e. The lowest BCUT2D eigenvalue weighted by atomic mass is 10.2. The minimum atomic E-state index is -0.561. The van der Waals surface area contributed by atoms with Crippen LogP contribution in [0.15, 0.2) is 88.3 Å². The van der Waals surface area contributed by atoms with E-state index in [1.807, 2.05) is 38.1 Å². The Balaban J connectivity index is 1.67. The van der Waals surface area contributed by atoms with Crippen LogP contribution in [0.25, 0.3) is 0 Å². The second-order valence-corrected chi connectivity index (χ2v) is 8.97. The largest absolute Gasteiger partial charge is 0.506 e. The van der Waals surface area contributed by atoms with Gasteiger partial charge in [-0.15, -0.1) is 0 Å². The van der Waals surface area contributed by atoms with Crippen LogP contribution in [0.2, 0.25) is 0 Å². The van der Waals surface area contributed by atoms with Gasteiger partial charge in [0.25, 0.3) is 11.8 Å². The van der Waals surface area contributed by atoms with Crippen LogP contribution in [-0.2, 0) is 14.3 Å². The Morgan fingerprint density at radius 1 is 0.971 bits per heavy atom. The summed E-state index contributed by atoms with van der Waals surface area (Å²) in [6.07, 6.45) is 0.709. The number of phenols is 1. The highest BCUT2D eigenvalue weighted by molar-refractivity contribution is 8.04. The summed E-state index contributed by atoms with van der Waals surface area (Å²) in [5.74, 6) is -1.57. The van der Waals surface area contributed by atoms with Gasteiger partial charge in [0.15, 0.2) is 0 Å². The molecule has 1 heterocycles. The number of anilines is 2. The first-order valence-electron chi connectivity index (χ1n) is 11.1. The molecule has 0 saturated heterocycles. The molecule has 3 aromatic carbocycles. The number of hydrogen-bond acceptors (Lipinski definition) is 7. The number of amides is 2. The molecule has 2 N–H and O–H groups in total. The quantitative estimate of drug-likeness (QED) is 0.254. The van der Waals surface area contributed by atoms with Crippen molar-refractivity contribution in [1.29, 1.82) is 0 Å². The van der Waals surface area contributed by atoms with Crippen molar-refractivity contribution >= 4 is 40.9 Å². The molecular formula is C27H24N2O5S. The molecule has 8 heteroatoms. The van der Waals surface area contributed by atoms with E-state index in [2.05, 4.69) is 5.32 Å². The number of imide groups is 1. The van der Waals surface area contributed by atoms with Crippen molar-refractivity contribution in [2.24, 2.45) is 0 Å². The molecular weight excluding hydrogens is 464 g/mol. The number of aromatic hydroxyl groups is 1. The van der Waals surface area contributed by atoms with Gasteiger partial charge < -0.3 is 15.2 Å². The Morgan fingerprint density at radius 3 is 2.31 bits per heavy atom. The van der Waals surface area contributed by atoms with E-state index in [4.69, 9.17) is 4.74 Å². The predicted molar refractivity (Wildman–Crippen MR) is 135 cm³/mol. The number of rotatable bonds is 8. The number of para-hydroxylation sites is 2. The van der Waals surface area contributed by atoms with Gasteiger partial charge in [-0.25, -0.2) is 9.69 Å². The van der Waals surface area contributed by atoms with E-state index in [1.54, 1.807) is 18.2 Å². The molecule has 3 aromatic rings. The molecule has 178 valence electrons. The van der Waals surface area contributed by atoms with Crippen LogP contribution in [0.3, 0.4) is 0 Å². The lowest BCUT2D eigenvalue weighted by molar-refractivity contribution is -0.120. The van der Waals surface area contributed by atoms with Gasteiger partial charge >= 0.3 is 5.97 Å². The molecule has 0 aliphatic carbocycles. The smallest absolute Gasteiger partial charge is 0.338 e. The molecule has 7 nitrogen and oxygen atoms in total. The zero-order valence-electron chi connectivity index (χ0n) is 19.3. The number of benzene rings is 3. The lowest BCUT2D eigenvalue weighted by Crippen LogP contribution is -2.32. The fraction of sp³-hybridized carbons (Fsp3) is 0.148. The molecule has 2 amide bonds. The summed E-state index contributed by atoms with van der Waals surface area (Å²) < 4.78 is 5.14. The second-order valence-electron chi connectivity index (χ2n) is 7.89. The molecule has 1 aliphatic rings. The molecule has 0 fully saturated rings. The third-order valence-corrected chi connectivity index (χ3v) is 6.34. The molecule has 0 bridgehead atoms. The molecule has 1 aliphatic heterocycles. The molecule has 0 spiro atoms. The highest BCUT2D eigenvalue weighted by Gasteiger charge is 2.40. The Bertz CT molecular complexity index is 1300. The van der Waals surface area contributed by atoms with E-state index in [-0.39, 0.29) is 16.4 Å². The fourth-order valence-corrected chi connectivity index (χ4v) is 4.34. The summed E-state index contributed by atoms with van der Waals surface area (Å²) >= 11 is 1.17. The average molecular weight is 489 g/mol. The van der Waals surface area contributed by atoms with Gasteiger partial charge in [0.2, 0.25) is 0 Å². The van der Waals surface area contributed by atoms with Gasteiger partial charge in [-0.3, -0.25) is 9.59 Å². The van der Waals surface area contributed by atoms with Crippen LogP contribution in [0.4, 0.5) is 11.4 Å². The van der Waals surface area contributed by atoms with Gasteiger partial charge in [0.1, 0.15) is 16.4 Å². The Hall–Kier alpha value is -4.04. The number of aryl methyl sites for hydroxylation is 1. The maximum atomic E-state index is 13.5. The van der Waals surface area contributed by atoms with Crippen molar-refractivity contribution in [2.45, 2.75) is 25.2 Å². The van der Waals surface area contributed by atoms with Crippen molar-refractivity contribution in [1.82, 2.24) is 0 Å². The fourth-order valence-electron chi connectivity index (χ4n) is 3.41. The minimum Gasteiger partial charge on any atom is -0.506 e. The van der Waals surface area contributed by atoms with E-state index in [1.165, 1.54) is 42.1 Å². The Labute approximate surface area is 207 Å². The topological polar surface area (TPSA) is 95.9 Å². The average Bonchev–Trinajstić information content (AvgIpc) is 3.09. The molecule has 0 saturated carbocycles. The van der Waals surface area contributed by atoms with Crippen molar-refractivity contribution in [3.63, 3.8) is 0 Å². The highest BCUT2D eigenvalue weighted by atomic mass is 32.2. The first-order valence-corrected chi connectivity index (χ1v) is 11.9. The Kier molecular flexibility index (Phi) is 7.22. The summed E-state index contributed by atoms with van der Waals surface area (Å²) in [6.45, 7) is 4.18. The summed E-state index contributed by atoms with van der Waals surface area (Å²) in [6, 6.07) is 20.2. The first-order chi connectivity index (χ1) is 16.9. The molecule has 35 heavy (non-hydrogen) atoms. The number of phenolic OH excluding ortho intramolecular Hbond substituents is 1. The zero-order valence-corrected chi connectivity index (χ0v) is 20.1. The molecule has 0 atom stereocenters. The van der Waals surface area contributed by atoms with Gasteiger partial charge in [-0.1, -0.05) is 48.5 Å². The van der Waals surface area contributed by atoms with Gasteiger partial charge in [0, 0.05) is 4.90 Å². The summed E-state index contributed by atoms with van der Waals surface area (Å²) in [7, 11) is 0. The zero-order chi connectivity index (χ0) is 24.9. The van der Waals surface area contributed by atoms with E-state index >= 15 is 0 Å². The van der Waals surface area contributed by atoms with Gasteiger partial charge in [-0.2, -0.15) is 0 Å². The number of esters is 1. The number of carbonyl (C=O) groups is 3. The van der Waals surface area contributed by atoms with Gasteiger partial charge in [0.05, 0.1) is 23.5 Å². The molecule has 4 rings (SSSR count). The van der Waals surface area contributed by atoms with Crippen LogP contribution in [0.1, 0.15) is 29.3 Å². The van der Waals surface area contributed by atoms with E-state index in [9.17, 15) is 19.5 Å². The SMILES string of the molecule is CCCOC(=O)c1ccc(N2C(=O)C(Nc3ccccc3O)=C(Sc3ccc(C)cc3)C2=O)cc1.